The van der Waals surface area contributed by atoms with Crippen molar-refractivity contribution in [3.8, 4) is 27.8 Å². The summed E-state index contributed by atoms with van der Waals surface area (Å²) in [6, 6.07) is 10.4. The third-order valence-corrected chi connectivity index (χ3v) is 4.89. The van der Waals surface area contributed by atoms with Crippen molar-refractivity contribution in [1.29, 1.82) is 0 Å². The molecule has 1 heterocycles. The van der Waals surface area contributed by atoms with E-state index in [1.165, 1.54) is 17.4 Å². The molecule has 3 rings (SSSR count). The maximum atomic E-state index is 11.2. The summed E-state index contributed by atoms with van der Waals surface area (Å²) in [6.45, 7) is 4.48. The molecule has 0 radical (unpaired) electrons. The zero-order valence-corrected chi connectivity index (χ0v) is 16.6. The Morgan fingerprint density at radius 1 is 1.11 bits per heavy atom. The van der Waals surface area contributed by atoms with Crippen molar-refractivity contribution in [2.75, 3.05) is 13.7 Å². The van der Waals surface area contributed by atoms with Crippen LogP contribution in [0.25, 0.3) is 10.6 Å². The van der Waals surface area contributed by atoms with Gasteiger partial charge in [0.2, 0.25) is 0 Å². The van der Waals surface area contributed by atoms with Crippen LogP contribution in [0, 0.1) is 17.0 Å². The summed E-state index contributed by atoms with van der Waals surface area (Å²) in [4.78, 5) is 15.3. The first-order chi connectivity index (χ1) is 13.5. The number of nitrogens with zero attached hydrogens (tertiary/aromatic N) is 2. The van der Waals surface area contributed by atoms with Crippen LogP contribution in [0.4, 0.5) is 5.69 Å². The van der Waals surface area contributed by atoms with Gasteiger partial charge < -0.3 is 14.2 Å². The number of hydrogen-bond acceptors (Lipinski definition) is 7. The summed E-state index contributed by atoms with van der Waals surface area (Å²) in [5, 5.41) is 13.8. The van der Waals surface area contributed by atoms with E-state index in [1.54, 1.807) is 19.2 Å². The number of methoxy groups -OCH3 is 1. The van der Waals surface area contributed by atoms with Crippen LogP contribution in [-0.4, -0.2) is 23.6 Å². The van der Waals surface area contributed by atoms with Gasteiger partial charge in [0.1, 0.15) is 11.6 Å². The lowest BCUT2D eigenvalue weighted by Crippen LogP contribution is -2.00. The van der Waals surface area contributed by atoms with Crippen LogP contribution < -0.4 is 14.2 Å². The lowest BCUT2D eigenvalue weighted by Gasteiger charge is -2.10. The molecule has 0 unspecified atom stereocenters. The second-order valence-electron chi connectivity index (χ2n) is 5.96. The maximum absolute atomic E-state index is 11.2. The molecule has 0 aliphatic carbocycles. The van der Waals surface area contributed by atoms with E-state index in [-0.39, 0.29) is 18.0 Å². The first kappa shape index (κ1) is 19.6. The SMILES string of the molecule is CCOc1ccc(-c2nc(COc3cc(C)ccc3[N+](=O)[O-])cs2)cc1OC. The van der Waals surface area contributed by atoms with Gasteiger partial charge in [-0.05, 0) is 43.7 Å². The quantitative estimate of drug-likeness (QED) is 0.390. The van der Waals surface area contributed by atoms with E-state index in [0.717, 1.165) is 16.1 Å². The number of rotatable bonds is 8. The lowest BCUT2D eigenvalue weighted by atomic mass is 10.2. The Bertz CT molecular complexity index is 986. The third kappa shape index (κ3) is 4.40. The average Bonchev–Trinajstić information content (AvgIpc) is 3.15. The molecule has 7 nitrogen and oxygen atoms in total. The highest BCUT2D eigenvalue weighted by Gasteiger charge is 2.16. The first-order valence-electron chi connectivity index (χ1n) is 8.65. The highest BCUT2D eigenvalue weighted by Crippen LogP contribution is 2.34. The average molecular weight is 400 g/mol. The summed E-state index contributed by atoms with van der Waals surface area (Å²) in [6.07, 6.45) is 0. The van der Waals surface area contributed by atoms with Crippen LogP contribution in [-0.2, 0) is 6.61 Å². The molecule has 0 saturated carbocycles. The molecule has 0 aliphatic heterocycles. The molecule has 0 N–H and O–H groups in total. The molecular formula is C20H20N2O5S. The van der Waals surface area contributed by atoms with Crippen molar-refractivity contribution in [3.63, 3.8) is 0 Å². The largest absolute Gasteiger partial charge is 0.493 e. The smallest absolute Gasteiger partial charge is 0.310 e. The van der Waals surface area contributed by atoms with Gasteiger partial charge in [0.15, 0.2) is 17.2 Å². The summed E-state index contributed by atoms with van der Waals surface area (Å²) in [7, 11) is 1.59. The number of aromatic nitrogens is 1. The fraction of sp³-hybridized carbons (Fsp3) is 0.250. The van der Waals surface area contributed by atoms with Crippen molar-refractivity contribution in [3.05, 3.63) is 63.1 Å². The summed E-state index contributed by atoms with van der Waals surface area (Å²) in [5.41, 5.74) is 2.43. The number of hydrogen-bond donors (Lipinski definition) is 0. The van der Waals surface area contributed by atoms with E-state index >= 15 is 0 Å². The molecule has 146 valence electrons. The summed E-state index contributed by atoms with van der Waals surface area (Å²) >= 11 is 1.47. The Hall–Kier alpha value is -3.13. The van der Waals surface area contributed by atoms with Crippen LogP contribution in [0.2, 0.25) is 0 Å². The van der Waals surface area contributed by atoms with Crippen LogP contribution in [0.3, 0.4) is 0 Å². The Morgan fingerprint density at radius 3 is 2.64 bits per heavy atom. The van der Waals surface area contributed by atoms with E-state index in [2.05, 4.69) is 4.98 Å². The van der Waals surface area contributed by atoms with Crippen molar-refractivity contribution in [2.45, 2.75) is 20.5 Å². The monoisotopic (exact) mass is 400 g/mol. The standard InChI is InChI=1S/C20H20N2O5S/c1-4-26-17-8-6-14(10-19(17)25-3)20-21-15(12-28-20)11-27-18-9-13(2)5-7-16(18)22(23)24/h5-10,12H,4,11H2,1-3H3. The van der Waals surface area contributed by atoms with E-state index in [1.807, 2.05) is 37.4 Å². The summed E-state index contributed by atoms with van der Waals surface area (Å²) < 4.78 is 16.6. The molecule has 0 amide bonds. The number of nitro benzene ring substituents is 1. The minimum Gasteiger partial charge on any atom is -0.493 e. The number of ether oxygens (including phenoxy) is 3. The highest BCUT2D eigenvalue weighted by molar-refractivity contribution is 7.13. The molecule has 0 bridgehead atoms. The molecule has 0 aliphatic rings. The van der Waals surface area contributed by atoms with Gasteiger partial charge in [-0.25, -0.2) is 4.98 Å². The minimum atomic E-state index is -0.451. The number of aryl methyl sites for hydroxylation is 1. The molecule has 0 fully saturated rings. The minimum absolute atomic E-state index is 0.0581. The Labute approximate surface area is 166 Å². The normalized spacial score (nSPS) is 10.5. The van der Waals surface area contributed by atoms with Crippen molar-refractivity contribution in [2.24, 2.45) is 0 Å². The Morgan fingerprint density at radius 2 is 1.93 bits per heavy atom. The topological polar surface area (TPSA) is 83.7 Å². The molecular weight excluding hydrogens is 380 g/mol. The van der Waals surface area contributed by atoms with Gasteiger partial charge in [-0.15, -0.1) is 11.3 Å². The van der Waals surface area contributed by atoms with Gasteiger partial charge in [0, 0.05) is 17.0 Å². The maximum Gasteiger partial charge on any atom is 0.310 e. The van der Waals surface area contributed by atoms with Gasteiger partial charge in [-0.2, -0.15) is 0 Å². The zero-order chi connectivity index (χ0) is 20.1. The first-order valence-corrected chi connectivity index (χ1v) is 9.53. The zero-order valence-electron chi connectivity index (χ0n) is 15.8. The van der Waals surface area contributed by atoms with Crippen molar-refractivity contribution < 1.29 is 19.1 Å². The molecule has 0 spiro atoms. The fourth-order valence-electron chi connectivity index (χ4n) is 2.62. The van der Waals surface area contributed by atoms with Gasteiger partial charge in [-0.3, -0.25) is 10.1 Å². The van der Waals surface area contributed by atoms with Crippen LogP contribution in [0.5, 0.6) is 17.2 Å². The molecule has 28 heavy (non-hydrogen) atoms. The number of benzene rings is 2. The Balaban J connectivity index is 1.77. The second-order valence-corrected chi connectivity index (χ2v) is 6.82. The van der Waals surface area contributed by atoms with Gasteiger partial charge in [-0.1, -0.05) is 6.07 Å². The van der Waals surface area contributed by atoms with Gasteiger partial charge >= 0.3 is 5.69 Å². The molecule has 8 heteroatoms. The van der Waals surface area contributed by atoms with Crippen molar-refractivity contribution >= 4 is 17.0 Å². The fourth-order valence-corrected chi connectivity index (χ4v) is 3.42. The predicted octanol–water partition coefficient (Wildman–Crippen LogP) is 5.01. The van der Waals surface area contributed by atoms with Crippen molar-refractivity contribution in [1.82, 2.24) is 4.98 Å². The summed E-state index contributed by atoms with van der Waals surface area (Å²) in [5.74, 6) is 1.56. The van der Waals surface area contributed by atoms with E-state index in [4.69, 9.17) is 14.2 Å². The molecule has 2 aromatic carbocycles. The second kappa shape index (κ2) is 8.71. The highest BCUT2D eigenvalue weighted by atomic mass is 32.1. The molecule has 0 atom stereocenters. The van der Waals surface area contributed by atoms with E-state index < -0.39 is 4.92 Å². The van der Waals surface area contributed by atoms with Crippen LogP contribution >= 0.6 is 11.3 Å². The van der Waals surface area contributed by atoms with E-state index in [0.29, 0.717) is 23.8 Å². The number of thiazole rings is 1. The number of nitro groups is 1. The van der Waals surface area contributed by atoms with E-state index in [9.17, 15) is 10.1 Å². The third-order valence-electron chi connectivity index (χ3n) is 3.95. The molecule has 0 saturated heterocycles. The Kier molecular flexibility index (Phi) is 6.10. The lowest BCUT2D eigenvalue weighted by molar-refractivity contribution is -0.386. The predicted molar refractivity (Wildman–Crippen MR) is 107 cm³/mol. The molecule has 3 aromatic rings. The van der Waals surface area contributed by atoms with Crippen LogP contribution in [0.1, 0.15) is 18.2 Å². The van der Waals surface area contributed by atoms with Gasteiger partial charge in [0.25, 0.3) is 0 Å². The van der Waals surface area contributed by atoms with Gasteiger partial charge in [0.05, 0.1) is 24.3 Å². The van der Waals surface area contributed by atoms with Crippen LogP contribution in [0.15, 0.2) is 41.8 Å². The molecule has 1 aromatic heterocycles.